The molecule has 178 valence electrons. The summed E-state index contributed by atoms with van der Waals surface area (Å²) >= 11 is 0. The lowest BCUT2D eigenvalue weighted by Gasteiger charge is -2.24. The molecule has 3 aromatic rings. The van der Waals surface area contributed by atoms with Crippen molar-refractivity contribution in [2.75, 3.05) is 26.9 Å². The molecule has 34 heavy (non-hydrogen) atoms. The summed E-state index contributed by atoms with van der Waals surface area (Å²) in [6.07, 6.45) is 1.10. The monoisotopic (exact) mass is 482 g/mol. The van der Waals surface area contributed by atoms with Gasteiger partial charge >= 0.3 is 0 Å². The minimum atomic E-state index is -3.86. The first-order valence-corrected chi connectivity index (χ1v) is 12.7. The Morgan fingerprint density at radius 2 is 1.79 bits per heavy atom. The second kappa shape index (κ2) is 9.15. The molecule has 0 bridgehead atoms. The molecular formula is C25H26N2O6S. The second-order valence-corrected chi connectivity index (χ2v) is 10.2. The number of benzene rings is 3. The van der Waals surface area contributed by atoms with Gasteiger partial charge in [0, 0.05) is 19.2 Å². The van der Waals surface area contributed by atoms with Crippen LogP contribution in [0.25, 0.3) is 10.8 Å². The smallest absolute Gasteiger partial charge is 0.243 e. The lowest BCUT2D eigenvalue weighted by atomic mass is 10.1. The van der Waals surface area contributed by atoms with Crippen molar-refractivity contribution in [3.8, 4) is 17.2 Å². The molecule has 3 aromatic carbocycles. The fourth-order valence-corrected chi connectivity index (χ4v) is 6.10. The van der Waals surface area contributed by atoms with Gasteiger partial charge in [-0.05, 0) is 59.5 Å². The van der Waals surface area contributed by atoms with Crippen LogP contribution < -0.4 is 19.5 Å². The molecule has 0 aliphatic carbocycles. The number of hydrogen-bond donors (Lipinski definition) is 1. The fourth-order valence-electron chi connectivity index (χ4n) is 4.43. The maximum Gasteiger partial charge on any atom is 0.243 e. The van der Waals surface area contributed by atoms with Gasteiger partial charge in [-0.15, -0.1) is 0 Å². The molecule has 1 N–H and O–H groups in total. The van der Waals surface area contributed by atoms with Crippen LogP contribution in [0.3, 0.4) is 0 Å². The number of ether oxygens (including phenoxy) is 3. The Kier molecular flexibility index (Phi) is 6.05. The first-order chi connectivity index (χ1) is 16.5. The Hall–Kier alpha value is -3.30. The molecule has 1 unspecified atom stereocenters. The minimum Gasteiger partial charge on any atom is -0.497 e. The molecule has 1 saturated heterocycles. The molecule has 2 aliphatic heterocycles. The second-order valence-electron chi connectivity index (χ2n) is 8.34. The van der Waals surface area contributed by atoms with Gasteiger partial charge in [-0.3, -0.25) is 4.79 Å². The van der Waals surface area contributed by atoms with Gasteiger partial charge in [0.2, 0.25) is 15.9 Å². The molecule has 0 spiro atoms. The summed E-state index contributed by atoms with van der Waals surface area (Å²) in [6.45, 7) is 1.41. The number of hydrogen-bond acceptors (Lipinski definition) is 6. The van der Waals surface area contributed by atoms with Crippen molar-refractivity contribution in [2.24, 2.45) is 0 Å². The number of rotatable bonds is 6. The number of carbonyl (C=O) groups is 1. The van der Waals surface area contributed by atoms with Crippen LogP contribution in [0.2, 0.25) is 0 Å². The van der Waals surface area contributed by atoms with Gasteiger partial charge in [-0.1, -0.05) is 18.2 Å². The molecule has 9 heteroatoms. The lowest BCUT2D eigenvalue weighted by Crippen LogP contribution is -2.45. The van der Waals surface area contributed by atoms with E-state index in [-0.39, 0.29) is 10.8 Å². The van der Waals surface area contributed by atoms with E-state index in [0.29, 0.717) is 50.6 Å². The summed E-state index contributed by atoms with van der Waals surface area (Å²) < 4.78 is 44.3. The molecule has 0 radical (unpaired) electrons. The molecule has 2 heterocycles. The number of fused-ring (bicyclic) bond motifs is 2. The molecular weight excluding hydrogens is 456 g/mol. The van der Waals surface area contributed by atoms with Crippen LogP contribution in [0.4, 0.5) is 0 Å². The van der Waals surface area contributed by atoms with Crippen LogP contribution in [-0.2, 0) is 21.4 Å². The summed E-state index contributed by atoms with van der Waals surface area (Å²) in [7, 11) is -2.23. The van der Waals surface area contributed by atoms with Crippen LogP contribution in [-0.4, -0.2) is 51.5 Å². The fraction of sp³-hybridized carbons (Fsp3) is 0.320. The van der Waals surface area contributed by atoms with Crippen LogP contribution in [0.5, 0.6) is 17.2 Å². The Balaban J connectivity index is 1.29. The Morgan fingerprint density at radius 3 is 2.62 bits per heavy atom. The average molecular weight is 483 g/mol. The molecule has 5 rings (SSSR count). The summed E-state index contributed by atoms with van der Waals surface area (Å²) in [4.78, 5) is 13.1. The number of nitrogens with one attached hydrogen (secondary N) is 1. The molecule has 0 saturated carbocycles. The van der Waals surface area contributed by atoms with E-state index in [4.69, 9.17) is 14.2 Å². The summed E-state index contributed by atoms with van der Waals surface area (Å²) in [5.41, 5.74) is 0.935. The molecule has 8 nitrogen and oxygen atoms in total. The number of methoxy groups -OCH3 is 1. The van der Waals surface area contributed by atoms with Crippen molar-refractivity contribution in [1.82, 2.24) is 9.62 Å². The first kappa shape index (κ1) is 22.5. The Morgan fingerprint density at radius 1 is 1.03 bits per heavy atom. The minimum absolute atomic E-state index is 0.0985. The highest BCUT2D eigenvalue weighted by Gasteiger charge is 2.39. The summed E-state index contributed by atoms with van der Waals surface area (Å²) in [5, 5.41) is 5.00. The molecule has 0 aromatic heterocycles. The highest BCUT2D eigenvalue weighted by atomic mass is 32.2. The maximum atomic E-state index is 13.3. The summed E-state index contributed by atoms with van der Waals surface area (Å²) in [5.74, 6) is 1.42. The van der Waals surface area contributed by atoms with E-state index < -0.39 is 16.1 Å². The van der Waals surface area contributed by atoms with E-state index in [1.165, 1.54) is 16.4 Å². The number of carbonyl (C=O) groups excluding carboxylic acids is 1. The third-order valence-electron chi connectivity index (χ3n) is 6.21. The van der Waals surface area contributed by atoms with Gasteiger partial charge in [0.1, 0.15) is 25.0 Å². The zero-order chi connectivity index (χ0) is 23.7. The third-order valence-corrected chi connectivity index (χ3v) is 8.11. The van der Waals surface area contributed by atoms with Crippen molar-refractivity contribution in [1.29, 1.82) is 0 Å². The maximum absolute atomic E-state index is 13.3. The zero-order valence-corrected chi connectivity index (χ0v) is 19.6. The standard InChI is InChI=1S/C25H26N2O6S/c1-31-20-7-6-18-13-17(4-5-19(18)14-20)16-26-25(28)22-3-2-10-27(22)34(29,30)21-8-9-23-24(15-21)33-12-11-32-23/h4-9,13-15,22H,2-3,10-12,16H2,1H3,(H,26,28). The van der Waals surface area contributed by atoms with Gasteiger partial charge in [0.15, 0.2) is 11.5 Å². The van der Waals surface area contributed by atoms with Crippen molar-refractivity contribution < 1.29 is 27.4 Å². The van der Waals surface area contributed by atoms with Crippen molar-refractivity contribution in [3.63, 3.8) is 0 Å². The third kappa shape index (κ3) is 4.28. The number of nitrogens with zero attached hydrogens (tertiary/aromatic N) is 1. The van der Waals surface area contributed by atoms with Crippen molar-refractivity contribution in [2.45, 2.75) is 30.3 Å². The van der Waals surface area contributed by atoms with E-state index in [1.807, 2.05) is 36.4 Å². The lowest BCUT2D eigenvalue weighted by molar-refractivity contribution is -0.124. The molecule has 1 atom stereocenters. The van der Waals surface area contributed by atoms with Crippen molar-refractivity contribution >= 4 is 26.7 Å². The SMILES string of the molecule is COc1ccc2cc(CNC(=O)C3CCCN3S(=O)(=O)c3ccc4c(c3)OCCO4)ccc2c1. The molecule has 1 fully saturated rings. The normalized spacial score (nSPS) is 18.1. The largest absolute Gasteiger partial charge is 0.497 e. The van der Waals surface area contributed by atoms with Crippen LogP contribution in [0, 0.1) is 0 Å². The number of sulfonamides is 1. The predicted octanol–water partition coefficient (Wildman–Crippen LogP) is 3.09. The van der Waals surface area contributed by atoms with Crippen LogP contribution >= 0.6 is 0 Å². The van der Waals surface area contributed by atoms with Gasteiger partial charge in [-0.25, -0.2) is 8.42 Å². The van der Waals surface area contributed by atoms with Gasteiger partial charge < -0.3 is 19.5 Å². The van der Waals surface area contributed by atoms with Crippen molar-refractivity contribution in [3.05, 3.63) is 60.2 Å². The van der Waals surface area contributed by atoms with E-state index in [9.17, 15) is 13.2 Å². The predicted molar refractivity (Wildman–Crippen MR) is 127 cm³/mol. The van der Waals surface area contributed by atoms with E-state index in [2.05, 4.69) is 5.32 Å². The Labute approximate surface area is 198 Å². The quantitative estimate of drug-likeness (QED) is 0.580. The van der Waals surface area contributed by atoms with E-state index >= 15 is 0 Å². The van der Waals surface area contributed by atoms with Crippen LogP contribution in [0.1, 0.15) is 18.4 Å². The summed E-state index contributed by atoms with van der Waals surface area (Å²) in [6, 6.07) is 15.6. The van der Waals surface area contributed by atoms with Gasteiger partial charge in [-0.2, -0.15) is 4.31 Å². The molecule has 1 amide bonds. The van der Waals surface area contributed by atoms with E-state index in [0.717, 1.165) is 22.1 Å². The zero-order valence-electron chi connectivity index (χ0n) is 18.8. The Bertz CT molecular complexity index is 1340. The van der Waals surface area contributed by atoms with Gasteiger partial charge in [0.05, 0.1) is 12.0 Å². The number of amides is 1. The highest BCUT2D eigenvalue weighted by Crippen LogP contribution is 2.35. The van der Waals surface area contributed by atoms with Crippen LogP contribution in [0.15, 0.2) is 59.5 Å². The topological polar surface area (TPSA) is 94.2 Å². The van der Waals surface area contributed by atoms with E-state index in [1.54, 1.807) is 13.2 Å². The average Bonchev–Trinajstić information content (AvgIpc) is 3.38. The molecule has 2 aliphatic rings. The first-order valence-electron chi connectivity index (χ1n) is 11.2. The van der Waals surface area contributed by atoms with Gasteiger partial charge in [0.25, 0.3) is 0 Å². The highest BCUT2D eigenvalue weighted by molar-refractivity contribution is 7.89.